The Morgan fingerprint density at radius 2 is 1.87 bits per heavy atom. The van der Waals surface area contributed by atoms with Crippen LogP contribution < -0.4 is 10.6 Å². The van der Waals surface area contributed by atoms with Crippen LogP contribution in [-0.4, -0.2) is 50.8 Å². The molecule has 2 N–H and O–H groups in total. The molecule has 2 amide bonds. The number of amides is 2. The average Bonchev–Trinajstić information content (AvgIpc) is 2.77. The van der Waals surface area contributed by atoms with Crippen molar-refractivity contribution in [1.29, 1.82) is 0 Å². The van der Waals surface area contributed by atoms with Crippen molar-refractivity contribution in [3.63, 3.8) is 0 Å². The summed E-state index contributed by atoms with van der Waals surface area (Å²) < 4.78 is 45.4. The van der Waals surface area contributed by atoms with Crippen molar-refractivity contribution >= 4 is 27.5 Å². The zero-order chi connectivity index (χ0) is 22.0. The van der Waals surface area contributed by atoms with Gasteiger partial charge in [-0.15, -0.1) is 0 Å². The predicted molar refractivity (Wildman–Crippen MR) is 110 cm³/mol. The van der Waals surface area contributed by atoms with Crippen LogP contribution >= 0.6 is 0 Å². The lowest BCUT2D eigenvalue weighted by molar-refractivity contribution is -0.126. The summed E-state index contributed by atoms with van der Waals surface area (Å²) in [4.78, 5) is 24.8. The number of anilines is 1. The van der Waals surface area contributed by atoms with Crippen LogP contribution in [0.5, 0.6) is 0 Å². The summed E-state index contributed by atoms with van der Waals surface area (Å²) in [6.45, 7) is 1.56. The first-order valence-electron chi connectivity index (χ1n) is 9.88. The lowest BCUT2D eigenvalue weighted by Crippen LogP contribution is -2.40. The van der Waals surface area contributed by atoms with Crippen molar-refractivity contribution in [2.24, 2.45) is 0 Å². The molecular formula is C21H22FN3O5S. The molecule has 31 heavy (non-hydrogen) atoms. The molecule has 2 aromatic carbocycles. The second kappa shape index (κ2) is 8.74. The summed E-state index contributed by atoms with van der Waals surface area (Å²) in [6.07, 6.45) is -0.0266. The quantitative estimate of drug-likeness (QED) is 0.724. The highest BCUT2D eigenvalue weighted by Gasteiger charge is 2.31. The summed E-state index contributed by atoms with van der Waals surface area (Å²) in [5.74, 6) is -1.92. The molecule has 1 atom stereocenters. The zero-order valence-corrected chi connectivity index (χ0v) is 17.5. The van der Waals surface area contributed by atoms with E-state index in [9.17, 15) is 22.4 Å². The van der Waals surface area contributed by atoms with Crippen LogP contribution in [0.25, 0.3) is 0 Å². The standard InChI is InChI=1S/C21H22FN3O5S/c22-15-3-6-17-18(12-20(26)24-19(17)11-15)21(27)23-13-14-1-4-16(5-2-14)31(28,29)25-7-9-30-10-8-25/h1-6,11,18H,7-10,12-13H2,(H,23,27)(H,24,26). The second-order valence-corrected chi connectivity index (χ2v) is 9.35. The van der Waals surface area contributed by atoms with Gasteiger partial charge in [-0.25, -0.2) is 12.8 Å². The Morgan fingerprint density at radius 1 is 1.16 bits per heavy atom. The monoisotopic (exact) mass is 447 g/mol. The summed E-state index contributed by atoms with van der Waals surface area (Å²) in [6, 6.07) is 10.3. The Bertz CT molecular complexity index is 1100. The molecule has 164 valence electrons. The van der Waals surface area contributed by atoms with Gasteiger partial charge in [0.05, 0.1) is 24.0 Å². The molecule has 2 aliphatic heterocycles. The number of benzene rings is 2. The number of hydrogen-bond acceptors (Lipinski definition) is 5. The van der Waals surface area contributed by atoms with E-state index in [-0.39, 0.29) is 29.7 Å². The first-order valence-corrected chi connectivity index (χ1v) is 11.3. The third kappa shape index (κ3) is 4.60. The Balaban J connectivity index is 1.42. The Kier molecular flexibility index (Phi) is 6.03. The lowest BCUT2D eigenvalue weighted by atomic mass is 9.89. The van der Waals surface area contributed by atoms with Crippen molar-refractivity contribution in [2.75, 3.05) is 31.6 Å². The van der Waals surface area contributed by atoms with Crippen molar-refractivity contribution in [2.45, 2.75) is 23.8 Å². The molecule has 2 aromatic rings. The number of halogens is 1. The molecule has 0 aliphatic carbocycles. The van der Waals surface area contributed by atoms with E-state index in [0.717, 1.165) is 0 Å². The van der Waals surface area contributed by atoms with Crippen LogP contribution in [0.4, 0.5) is 10.1 Å². The maximum Gasteiger partial charge on any atom is 0.243 e. The number of fused-ring (bicyclic) bond motifs is 1. The van der Waals surface area contributed by atoms with Crippen molar-refractivity contribution in [1.82, 2.24) is 9.62 Å². The number of sulfonamides is 1. The first kappa shape index (κ1) is 21.4. The van der Waals surface area contributed by atoms with Gasteiger partial charge >= 0.3 is 0 Å². The molecule has 8 nitrogen and oxygen atoms in total. The second-order valence-electron chi connectivity index (χ2n) is 7.41. The van der Waals surface area contributed by atoms with E-state index in [1.165, 1.54) is 34.6 Å². The van der Waals surface area contributed by atoms with Gasteiger partial charge in [-0.1, -0.05) is 18.2 Å². The van der Waals surface area contributed by atoms with Gasteiger partial charge in [0.2, 0.25) is 21.8 Å². The van der Waals surface area contributed by atoms with E-state index in [0.29, 0.717) is 43.1 Å². The van der Waals surface area contributed by atoms with Gasteiger partial charge in [0.15, 0.2) is 0 Å². The Hall–Kier alpha value is -2.82. The number of nitrogens with zero attached hydrogens (tertiary/aromatic N) is 1. The molecule has 10 heteroatoms. The number of nitrogens with one attached hydrogen (secondary N) is 2. The molecule has 4 rings (SSSR count). The maximum absolute atomic E-state index is 13.5. The van der Waals surface area contributed by atoms with Gasteiger partial charge in [0.1, 0.15) is 5.82 Å². The van der Waals surface area contributed by atoms with Crippen molar-refractivity contribution < 1.29 is 27.1 Å². The topological polar surface area (TPSA) is 105 Å². The van der Waals surface area contributed by atoms with Crippen LogP contribution in [0.1, 0.15) is 23.5 Å². The minimum Gasteiger partial charge on any atom is -0.379 e. The fraction of sp³-hybridized carbons (Fsp3) is 0.333. The molecule has 0 saturated carbocycles. The molecule has 0 bridgehead atoms. The molecule has 1 fully saturated rings. The summed E-state index contributed by atoms with van der Waals surface area (Å²) in [5, 5.41) is 5.36. The Morgan fingerprint density at radius 3 is 2.58 bits per heavy atom. The van der Waals surface area contributed by atoms with Gasteiger partial charge in [-0.05, 0) is 35.4 Å². The molecule has 0 spiro atoms. The predicted octanol–water partition coefficient (Wildman–Crippen LogP) is 1.59. The van der Waals surface area contributed by atoms with Crippen LogP contribution in [0.15, 0.2) is 47.4 Å². The highest BCUT2D eigenvalue weighted by Crippen LogP contribution is 2.33. The number of hydrogen-bond donors (Lipinski definition) is 2. The normalized spacial score (nSPS) is 19.4. The fourth-order valence-corrected chi connectivity index (χ4v) is 5.11. The summed E-state index contributed by atoms with van der Waals surface area (Å²) >= 11 is 0. The molecule has 0 radical (unpaired) electrons. The number of carbonyl (C=O) groups is 2. The smallest absolute Gasteiger partial charge is 0.243 e. The molecule has 2 heterocycles. The number of rotatable bonds is 5. The van der Waals surface area contributed by atoms with E-state index >= 15 is 0 Å². The highest BCUT2D eigenvalue weighted by atomic mass is 32.2. The largest absolute Gasteiger partial charge is 0.379 e. The zero-order valence-electron chi connectivity index (χ0n) is 16.6. The molecule has 0 aromatic heterocycles. The maximum atomic E-state index is 13.5. The number of carbonyl (C=O) groups excluding carboxylic acids is 2. The minimum absolute atomic E-state index is 0.0266. The van der Waals surface area contributed by atoms with Gasteiger partial charge < -0.3 is 15.4 Å². The van der Waals surface area contributed by atoms with Crippen LogP contribution in [-0.2, 0) is 30.9 Å². The van der Waals surface area contributed by atoms with E-state index in [2.05, 4.69) is 10.6 Å². The SMILES string of the molecule is O=C1CC(C(=O)NCc2ccc(S(=O)(=O)N3CCOCC3)cc2)c2ccc(F)cc2N1. The van der Waals surface area contributed by atoms with E-state index in [1.54, 1.807) is 12.1 Å². The molecule has 2 aliphatic rings. The van der Waals surface area contributed by atoms with Gasteiger partial charge in [-0.2, -0.15) is 4.31 Å². The summed E-state index contributed by atoms with van der Waals surface area (Å²) in [7, 11) is -3.58. The lowest BCUT2D eigenvalue weighted by Gasteiger charge is -2.26. The molecular weight excluding hydrogens is 425 g/mol. The van der Waals surface area contributed by atoms with Crippen LogP contribution in [0.2, 0.25) is 0 Å². The first-order chi connectivity index (χ1) is 14.8. The van der Waals surface area contributed by atoms with Crippen molar-refractivity contribution in [3.8, 4) is 0 Å². The molecule has 1 saturated heterocycles. The van der Waals surface area contributed by atoms with Gasteiger partial charge in [0.25, 0.3) is 0 Å². The van der Waals surface area contributed by atoms with Gasteiger partial charge in [0, 0.05) is 31.7 Å². The van der Waals surface area contributed by atoms with Crippen molar-refractivity contribution in [3.05, 3.63) is 59.4 Å². The van der Waals surface area contributed by atoms with Gasteiger partial charge in [-0.3, -0.25) is 9.59 Å². The fourth-order valence-electron chi connectivity index (χ4n) is 3.70. The average molecular weight is 447 g/mol. The summed E-state index contributed by atoms with van der Waals surface area (Å²) in [5.41, 5.74) is 1.58. The molecule has 1 unspecified atom stereocenters. The Labute approximate surface area is 179 Å². The third-order valence-electron chi connectivity index (χ3n) is 5.37. The van der Waals surface area contributed by atoms with E-state index < -0.39 is 21.8 Å². The van der Waals surface area contributed by atoms with Crippen LogP contribution in [0.3, 0.4) is 0 Å². The number of morpholine rings is 1. The third-order valence-corrected chi connectivity index (χ3v) is 7.28. The van der Waals surface area contributed by atoms with E-state index in [4.69, 9.17) is 4.74 Å². The van der Waals surface area contributed by atoms with E-state index in [1.807, 2.05) is 0 Å². The number of ether oxygens (including phenoxy) is 1. The minimum atomic E-state index is -3.58. The van der Waals surface area contributed by atoms with Crippen LogP contribution in [0, 0.1) is 5.82 Å². The highest BCUT2D eigenvalue weighted by molar-refractivity contribution is 7.89.